The van der Waals surface area contributed by atoms with Crippen molar-refractivity contribution in [1.82, 2.24) is 10.9 Å². The van der Waals surface area contributed by atoms with Gasteiger partial charge in [-0.3, -0.25) is 10.9 Å². The Labute approximate surface area is 151 Å². The minimum Gasteiger partial charge on any atom is -0.331 e. The van der Waals surface area contributed by atoms with Gasteiger partial charge in [0.2, 0.25) is 0 Å². The molecule has 24 heavy (non-hydrogen) atoms. The average Bonchev–Trinajstić information content (AvgIpc) is 2.55. The Hall–Kier alpha value is -2.25. The summed E-state index contributed by atoms with van der Waals surface area (Å²) in [6.07, 6.45) is 0. The summed E-state index contributed by atoms with van der Waals surface area (Å²) in [5.74, 6) is 0.0974. The van der Waals surface area contributed by atoms with Gasteiger partial charge in [0.1, 0.15) is 5.82 Å². The van der Waals surface area contributed by atoms with Crippen LogP contribution in [-0.2, 0) is 0 Å². The summed E-state index contributed by atoms with van der Waals surface area (Å²) >= 11 is 10.3. The largest absolute Gasteiger partial charge is 0.331 e. The summed E-state index contributed by atoms with van der Waals surface area (Å²) in [5, 5.41) is 6.34. The van der Waals surface area contributed by atoms with Gasteiger partial charge in [-0.1, -0.05) is 38.1 Å². The number of hydrogen-bond donors (Lipinski definition) is 4. The summed E-state index contributed by atoms with van der Waals surface area (Å²) in [6.45, 7) is 4.28. The molecule has 0 saturated carbocycles. The number of benzene rings is 2. The fourth-order valence-electron chi connectivity index (χ4n) is 1.94. The molecule has 0 aliphatic carbocycles. The van der Waals surface area contributed by atoms with Crippen molar-refractivity contribution in [3.05, 3.63) is 59.9 Å². The van der Waals surface area contributed by atoms with E-state index in [1.807, 2.05) is 24.3 Å². The molecular formula is C17H19FN4S2. The topological polar surface area (TPSA) is 48.1 Å². The van der Waals surface area contributed by atoms with Crippen LogP contribution in [0.1, 0.15) is 25.3 Å². The van der Waals surface area contributed by atoms with Crippen LogP contribution >= 0.6 is 24.4 Å². The van der Waals surface area contributed by atoms with Crippen molar-refractivity contribution in [3.8, 4) is 0 Å². The fraction of sp³-hybridized carbons (Fsp3) is 0.176. The average molecular weight is 362 g/mol. The van der Waals surface area contributed by atoms with E-state index < -0.39 is 0 Å². The second-order valence-electron chi connectivity index (χ2n) is 5.41. The lowest BCUT2D eigenvalue weighted by Gasteiger charge is -2.15. The molecule has 4 N–H and O–H groups in total. The number of thiocarbonyl (C=S) groups is 2. The summed E-state index contributed by atoms with van der Waals surface area (Å²) in [5.41, 5.74) is 7.88. The van der Waals surface area contributed by atoms with Gasteiger partial charge in [0, 0.05) is 5.69 Å². The van der Waals surface area contributed by atoms with Crippen LogP contribution in [0.5, 0.6) is 0 Å². The zero-order valence-corrected chi connectivity index (χ0v) is 15.0. The molecule has 2 rings (SSSR count). The van der Waals surface area contributed by atoms with Crippen molar-refractivity contribution in [1.29, 1.82) is 0 Å². The number of para-hydroxylation sites is 1. The Kier molecular flexibility index (Phi) is 6.45. The van der Waals surface area contributed by atoms with E-state index in [9.17, 15) is 4.39 Å². The van der Waals surface area contributed by atoms with Crippen molar-refractivity contribution in [2.45, 2.75) is 19.8 Å². The molecule has 0 radical (unpaired) electrons. The van der Waals surface area contributed by atoms with Crippen LogP contribution in [0, 0.1) is 5.82 Å². The molecule has 0 saturated heterocycles. The van der Waals surface area contributed by atoms with E-state index in [1.165, 1.54) is 11.6 Å². The zero-order valence-electron chi connectivity index (χ0n) is 13.4. The van der Waals surface area contributed by atoms with E-state index in [0.717, 1.165) is 5.69 Å². The Bertz CT molecular complexity index is 717. The molecule has 0 bridgehead atoms. The predicted octanol–water partition coefficient (Wildman–Crippen LogP) is 4.14. The van der Waals surface area contributed by atoms with E-state index in [0.29, 0.717) is 16.7 Å². The summed E-state index contributed by atoms with van der Waals surface area (Å²) in [6, 6.07) is 14.3. The van der Waals surface area contributed by atoms with Gasteiger partial charge in [-0.2, -0.15) is 0 Å². The first kappa shape index (κ1) is 18.1. The molecule has 0 aliphatic rings. The highest BCUT2D eigenvalue weighted by Crippen LogP contribution is 2.17. The van der Waals surface area contributed by atoms with Gasteiger partial charge >= 0.3 is 0 Å². The Balaban J connectivity index is 1.80. The molecule has 2 aromatic rings. The summed E-state index contributed by atoms with van der Waals surface area (Å²) in [7, 11) is 0. The molecule has 0 unspecified atom stereocenters. The second kappa shape index (κ2) is 8.56. The first-order chi connectivity index (χ1) is 11.5. The van der Waals surface area contributed by atoms with Crippen LogP contribution in [0.15, 0.2) is 48.5 Å². The minimum absolute atomic E-state index is 0.208. The molecule has 2 aromatic carbocycles. The SMILES string of the molecule is CC(C)c1ccc(NC(=S)NNC(=S)Nc2ccccc2F)cc1. The maximum Gasteiger partial charge on any atom is 0.189 e. The monoisotopic (exact) mass is 362 g/mol. The quantitative estimate of drug-likeness (QED) is 0.486. The fourth-order valence-corrected chi connectivity index (χ4v) is 2.27. The molecule has 0 fully saturated rings. The van der Waals surface area contributed by atoms with Gasteiger partial charge in [0.15, 0.2) is 10.2 Å². The van der Waals surface area contributed by atoms with Crippen LogP contribution in [0.25, 0.3) is 0 Å². The third-order valence-corrected chi connectivity index (χ3v) is 3.66. The van der Waals surface area contributed by atoms with Crippen LogP contribution in [0.4, 0.5) is 15.8 Å². The standard InChI is InChI=1S/C17H19FN4S2/c1-11(2)12-7-9-13(10-8-12)19-16(23)21-22-17(24)20-15-6-4-3-5-14(15)18/h3-11H,1-2H3,(H2,19,21,23)(H2,20,22,24). The summed E-state index contributed by atoms with van der Waals surface area (Å²) < 4.78 is 13.5. The van der Waals surface area contributed by atoms with Crippen molar-refractivity contribution in [2.24, 2.45) is 0 Å². The molecule has 0 atom stereocenters. The number of rotatable bonds is 3. The molecule has 0 amide bonds. The highest BCUT2D eigenvalue weighted by Gasteiger charge is 2.04. The molecule has 0 aliphatic heterocycles. The van der Waals surface area contributed by atoms with Gasteiger partial charge in [0.25, 0.3) is 0 Å². The highest BCUT2D eigenvalue weighted by molar-refractivity contribution is 7.81. The van der Waals surface area contributed by atoms with Crippen molar-refractivity contribution < 1.29 is 4.39 Å². The number of anilines is 2. The smallest absolute Gasteiger partial charge is 0.189 e. The number of hydrogen-bond acceptors (Lipinski definition) is 2. The minimum atomic E-state index is -0.382. The number of halogens is 1. The molecule has 0 spiro atoms. The number of hydrazine groups is 1. The van der Waals surface area contributed by atoms with Crippen molar-refractivity contribution >= 4 is 46.0 Å². The van der Waals surface area contributed by atoms with Crippen LogP contribution < -0.4 is 21.5 Å². The molecule has 0 aromatic heterocycles. The maximum atomic E-state index is 13.5. The third-order valence-electron chi connectivity index (χ3n) is 3.25. The van der Waals surface area contributed by atoms with E-state index >= 15 is 0 Å². The van der Waals surface area contributed by atoms with Crippen LogP contribution in [-0.4, -0.2) is 10.2 Å². The van der Waals surface area contributed by atoms with E-state index in [1.54, 1.807) is 18.2 Å². The van der Waals surface area contributed by atoms with Gasteiger partial charge < -0.3 is 10.6 Å². The third kappa shape index (κ3) is 5.43. The zero-order chi connectivity index (χ0) is 17.5. The molecule has 4 nitrogen and oxygen atoms in total. The molecule has 7 heteroatoms. The van der Waals surface area contributed by atoms with Crippen molar-refractivity contribution in [3.63, 3.8) is 0 Å². The first-order valence-electron chi connectivity index (χ1n) is 7.44. The van der Waals surface area contributed by atoms with Gasteiger partial charge in [-0.15, -0.1) is 0 Å². The van der Waals surface area contributed by atoms with Gasteiger partial charge in [-0.25, -0.2) is 4.39 Å². The van der Waals surface area contributed by atoms with E-state index in [4.69, 9.17) is 24.4 Å². The van der Waals surface area contributed by atoms with Gasteiger partial charge in [-0.05, 0) is 60.2 Å². The first-order valence-corrected chi connectivity index (χ1v) is 8.26. The number of nitrogens with one attached hydrogen (secondary N) is 4. The normalized spacial score (nSPS) is 10.2. The lowest BCUT2D eigenvalue weighted by Crippen LogP contribution is -2.45. The Morgan fingerprint density at radius 2 is 1.46 bits per heavy atom. The van der Waals surface area contributed by atoms with Crippen molar-refractivity contribution in [2.75, 3.05) is 10.6 Å². The Morgan fingerprint density at radius 3 is 2.04 bits per heavy atom. The summed E-state index contributed by atoms with van der Waals surface area (Å²) in [4.78, 5) is 0. The highest BCUT2D eigenvalue weighted by atomic mass is 32.1. The Morgan fingerprint density at radius 1 is 0.875 bits per heavy atom. The van der Waals surface area contributed by atoms with E-state index in [-0.39, 0.29) is 10.9 Å². The lowest BCUT2D eigenvalue weighted by atomic mass is 10.0. The molecular weight excluding hydrogens is 343 g/mol. The van der Waals surface area contributed by atoms with Crippen LogP contribution in [0.2, 0.25) is 0 Å². The van der Waals surface area contributed by atoms with Gasteiger partial charge in [0.05, 0.1) is 5.69 Å². The molecule has 126 valence electrons. The maximum absolute atomic E-state index is 13.5. The second-order valence-corrected chi connectivity index (χ2v) is 6.23. The predicted molar refractivity (Wildman–Crippen MR) is 106 cm³/mol. The van der Waals surface area contributed by atoms with Crippen LogP contribution in [0.3, 0.4) is 0 Å². The van der Waals surface area contributed by atoms with E-state index in [2.05, 4.69) is 35.3 Å². The lowest BCUT2D eigenvalue weighted by molar-refractivity contribution is 0.632. The molecule has 0 heterocycles.